The van der Waals surface area contributed by atoms with Crippen molar-refractivity contribution in [3.8, 4) is 0 Å². The Hall–Kier alpha value is -2.36. The minimum atomic E-state index is -0.0995. The summed E-state index contributed by atoms with van der Waals surface area (Å²) in [6.45, 7) is 3.35. The van der Waals surface area contributed by atoms with E-state index in [4.69, 9.17) is 0 Å². The Morgan fingerprint density at radius 3 is 2.50 bits per heavy atom. The number of hydrogen-bond donors (Lipinski definition) is 2. The van der Waals surface area contributed by atoms with Gasteiger partial charge in [0, 0.05) is 31.4 Å². The zero-order valence-electron chi connectivity index (χ0n) is 13.0. The largest absolute Gasteiger partial charge is 0.338 e. The first-order valence-corrected chi connectivity index (χ1v) is 7.75. The van der Waals surface area contributed by atoms with Crippen LogP contribution in [0.5, 0.6) is 0 Å². The fourth-order valence-corrected chi connectivity index (χ4v) is 2.35. The van der Waals surface area contributed by atoms with Gasteiger partial charge in [-0.2, -0.15) is 0 Å². The van der Waals surface area contributed by atoms with Gasteiger partial charge in [0.1, 0.15) is 0 Å². The van der Waals surface area contributed by atoms with Crippen LogP contribution < -0.4 is 10.6 Å². The third-order valence-corrected chi connectivity index (χ3v) is 3.55. The summed E-state index contributed by atoms with van der Waals surface area (Å²) in [5.41, 5.74) is 2.45. The molecule has 2 N–H and O–H groups in total. The van der Waals surface area contributed by atoms with Crippen molar-refractivity contribution in [3.05, 3.63) is 66.0 Å². The number of carbonyl (C=O) groups is 1. The topological polar surface area (TPSA) is 54.0 Å². The molecule has 0 aliphatic heterocycles. The molecule has 1 aromatic heterocycles. The first-order valence-electron chi connectivity index (χ1n) is 7.75. The van der Waals surface area contributed by atoms with Crippen molar-refractivity contribution < 1.29 is 4.79 Å². The minimum absolute atomic E-state index is 0.0995. The highest BCUT2D eigenvalue weighted by atomic mass is 16.2. The number of carbonyl (C=O) groups excluding carboxylic acids is 1. The van der Waals surface area contributed by atoms with E-state index in [9.17, 15) is 4.79 Å². The molecule has 0 saturated heterocycles. The summed E-state index contributed by atoms with van der Waals surface area (Å²) >= 11 is 0. The molecule has 2 aromatic rings. The number of nitrogens with zero attached hydrogens (tertiary/aromatic N) is 1. The molecule has 0 bridgehead atoms. The zero-order chi connectivity index (χ0) is 15.6. The molecule has 1 heterocycles. The highest BCUT2D eigenvalue weighted by molar-refractivity contribution is 5.73. The summed E-state index contributed by atoms with van der Waals surface area (Å²) < 4.78 is 0. The van der Waals surface area contributed by atoms with Crippen LogP contribution in [0.25, 0.3) is 0 Å². The van der Waals surface area contributed by atoms with Gasteiger partial charge in [-0.1, -0.05) is 37.3 Å². The van der Waals surface area contributed by atoms with Gasteiger partial charge in [0.05, 0.1) is 0 Å². The Balaban J connectivity index is 2.01. The number of rotatable bonds is 7. The van der Waals surface area contributed by atoms with Crippen LogP contribution in [0.4, 0.5) is 4.79 Å². The molecule has 116 valence electrons. The van der Waals surface area contributed by atoms with Crippen molar-refractivity contribution in [2.45, 2.75) is 25.7 Å². The van der Waals surface area contributed by atoms with Gasteiger partial charge in [0.25, 0.3) is 0 Å². The number of hydrogen-bond acceptors (Lipinski definition) is 2. The molecule has 0 radical (unpaired) electrons. The summed E-state index contributed by atoms with van der Waals surface area (Å²) in [5.74, 6) is 0.246. The van der Waals surface area contributed by atoms with E-state index < -0.39 is 0 Å². The van der Waals surface area contributed by atoms with E-state index in [1.54, 1.807) is 12.4 Å². The second-order valence-electron chi connectivity index (χ2n) is 5.30. The molecule has 1 unspecified atom stereocenters. The van der Waals surface area contributed by atoms with E-state index in [1.807, 2.05) is 37.3 Å². The van der Waals surface area contributed by atoms with Gasteiger partial charge in [-0.25, -0.2) is 4.79 Å². The average molecular weight is 297 g/mol. The number of benzene rings is 1. The van der Waals surface area contributed by atoms with Crippen molar-refractivity contribution in [2.24, 2.45) is 0 Å². The van der Waals surface area contributed by atoms with Gasteiger partial charge in [0.15, 0.2) is 0 Å². The highest BCUT2D eigenvalue weighted by Gasteiger charge is 2.13. The van der Waals surface area contributed by atoms with Gasteiger partial charge in [-0.05, 0) is 36.1 Å². The summed E-state index contributed by atoms with van der Waals surface area (Å²) in [6.07, 6.45) is 5.42. The molecule has 1 aromatic carbocycles. The quantitative estimate of drug-likeness (QED) is 0.825. The fourth-order valence-electron chi connectivity index (χ4n) is 2.35. The maximum absolute atomic E-state index is 11.8. The third kappa shape index (κ3) is 5.20. The van der Waals surface area contributed by atoms with Gasteiger partial charge in [0.2, 0.25) is 0 Å². The maximum atomic E-state index is 11.8. The van der Waals surface area contributed by atoms with Gasteiger partial charge >= 0.3 is 6.03 Å². The molecule has 0 fully saturated rings. The summed E-state index contributed by atoms with van der Waals surface area (Å²) in [4.78, 5) is 15.8. The summed E-state index contributed by atoms with van der Waals surface area (Å²) in [7, 11) is 0. The normalized spacial score (nSPS) is 11.7. The van der Waals surface area contributed by atoms with E-state index in [0.29, 0.717) is 13.1 Å². The SMILES string of the molecule is CCCNC(=O)NCC(Cc1ccncc1)c1ccccc1. The van der Waals surface area contributed by atoms with Crippen molar-refractivity contribution in [1.82, 2.24) is 15.6 Å². The van der Waals surface area contributed by atoms with Crippen LogP contribution in [-0.4, -0.2) is 24.1 Å². The summed E-state index contributed by atoms with van der Waals surface area (Å²) in [6, 6.07) is 14.2. The lowest BCUT2D eigenvalue weighted by molar-refractivity contribution is 0.240. The number of amides is 2. The number of nitrogens with one attached hydrogen (secondary N) is 2. The second kappa shape index (κ2) is 8.82. The Morgan fingerprint density at radius 2 is 1.82 bits per heavy atom. The van der Waals surface area contributed by atoms with Crippen LogP contribution >= 0.6 is 0 Å². The lowest BCUT2D eigenvalue weighted by atomic mass is 9.92. The van der Waals surface area contributed by atoms with Gasteiger partial charge in [-0.3, -0.25) is 4.98 Å². The molecule has 2 amide bonds. The van der Waals surface area contributed by atoms with Crippen molar-refractivity contribution in [3.63, 3.8) is 0 Å². The van der Waals surface area contributed by atoms with Crippen LogP contribution in [0.15, 0.2) is 54.9 Å². The van der Waals surface area contributed by atoms with Gasteiger partial charge < -0.3 is 10.6 Å². The zero-order valence-corrected chi connectivity index (χ0v) is 13.0. The Kier molecular flexibility index (Phi) is 6.42. The van der Waals surface area contributed by atoms with Crippen LogP contribution in [0, 0.1) is 0 Å². The first kappa shape index (κ1) is 16.0. The van der Waals surface area contributed by atoms with E-state index in [1.165, 1.54) is 11.1 Å². The minimum Gasteiger partial charge on any atom is -0.338 e. The lowest BCUT2D eigenvalue weighted by Crippen LogP contribution is -2.38. The van der Waals surface area contributed by atoms with Crippen LogP contribution in [0.1, 0.15) is 30.4 Å². The molecule has 4 nitrogen and oxygen atoms in total. The predicted octanol–water partition coefficient (Wildman–Crippen LogP) is 3.12. The maximum Gasteiger partial charge on any atom is 0.314 e. The van der Waals surface area contributed by atoms with Gasteiger partial charge in [-0.15, -0.1) is 0 Å². The van der Waals surface area contributed by atoms with Crippen LogP contribution in [-0.2, 0) is 6.42 Å². The van der Waals surface area contributed by atoms with Crippen molar-refractivity contribution in [1.29, 1.82) is 0 Å². The van der Waals surface area contributed by atoms with Crippen LogP contribution in [0.3, 0.4) is 0 Å². The average Bonchev–Trinajstić information content (AvgIpc) is 2.58. The monoisotopic (exact) mass is 297 g/mol. The molecule has 4 heteroatoms. The highest BCUT2D eigenvalue weighted by Crippen LogP contribution is 2.19. The van der Waals surface area contributed by atoms with E-state index in [-0.39, 0.29) is 11.9 Å². The van der Waals surface area contributed by atoms with E-state index in [2.05, 4.69) is 27.8 Å². The molecule has 2 rings (SSSR count). The van der Waals surface area contributed by atoms with Crippen molar-refractivity contribution in [2.75, 3.05) is 13.1 Å². The number of urea groups is 1. The standard InChI is InChI=1S/C18H23N3O/c1-2-10-20-18(22)21-14-17(16-6-4-3-5-7-16)13-15-8-11-19-12-9-15/h3-9,11-12,17H,2,10,13-14H2,1H3,(H2,20,21,22). The molecule has 0 aliphatic carbocycles. The molecule has 22 heavy (non-hydrogen) atoms. The van der Waals surface area contributed by atoms with Crippen molar-refractivity contribution >= 4 is 6.03 Å². The molecular formula is C18H23N3O. The summed E-state index contributed by atoms with van der Waals surface area (Å²) in [5, 5.41) is 5.81. The first-order chi connectivity index (χ1) is 10.8. The fraction of sp³-hybridized carbons (Fsp3) is 0.333. The second-order valence-corrected chi connectivity index (χ2v) is 5.30. The number of aromatic nitrogens is 1. The van der Waals surface area contributed by atoms with Crippen LogP contribution in [0.2, 0.25) is 0 Å². The predicted molar refractivity (Wildman–Crippen MR) is 88.8 cm³/mol. The Bertz CT molecular complexity index is 557. The molecule has 0 aliphatic rings. The smallest absolute Gasteiger partial charge is 0.314 e. The Morgan fingerprint density at radius 1 is 1.09 bits per heavy atom. The Labute approximate surface area is 132 Å². The molecule has 1 atom stereocenters. The third-order valence-electron chi connectivity index (χ3n) is 3.55. The lowest BCUT2D eigenvalue weighted by Gasteiger charge is -2.18. The van der Waals surface area contributed by atoms with E-state index in [0.717, 1.165) is 12.8 Å². The number of pyridine rings is 1. The molecule has 0 spiro atoms. The molecular weight excluding hydrogens is 274 g/mol. The molecule has 0 saturated carbocycles. The van der Waals surface area contributed by atoms with E-state index >= 15 is 0 Å².